The lowest BCUT2D eigenvalue weighted by molar-refractivity contribution is 0.0696. The largest absolute Gasteiger partial charge is 0.478 e. The van der Waals surface area contributed by atoms with E-state index in [1.54, 1.807) is 6.07 Å². The van der Waals surface area contributed by atoms with E-state index >= 15 is 0 Å². The molecule has 3 heterocycles. The number of hydrogen-bond acceptors (Lipinski definition) is 4. The molecule has 1 aromatic carbocycles. The molecule has 0 aliphatic carbocycles. The number of fused-ring (bicyclic) bond motifs is 1. The van der Waals surface area contributed by atoms with Gasteiger partial charge in [0.25, 0.3) is 0 Å². The topological polar surface area (TPSA) is 70.7 Å². The van der Waals surface area contributed by atoms with Gasteiger partial charge in [-0.25, -0.2) is 14.3 Å². The van der Waals surface area contributed by atoms with Gasteiger partial charge in [0.15, 0.2) is 5.65 Å². The molecule has 0 spiro atoms. The molecule has 3 aromatic rings. The maximum atomic E-state index is 11.3. The minimum Gasteiger partial charge on any atom is -0.478 e. The lowest BCUT2D eigenvalue weighted by atomic mass is 9.89. The van der Waals surface area contributed by atoms with Crippen LogP contribution in [0.15, 0.2) is 36.5 Å². The van der Waals surface area contributed by atoms with E-state index in [1.807, 2.05) is 48.8 Å². The van der Waals surface area contributed by atoms with Gasteiger partial charge in [0.1, 0.15) is 0 Å². The van der Waals surface area contributed by atoms with Gasteiger partial charge in [-0.2, -0.15) is 5.10 Å². The average molecular weight is 364 g/mol. The number of rotatable bonds is 4. The summed E-state index contributed by atoms with van der Waals surface area (Å²) >= 11 is 0. The highest BCUT2D eigenvalue weighted by Gasteiger charge is 2.23. The van der Waals surface area contributed by atoms with Crippen molar-refractivity contribution in [2.75, 3.05) is 13.1 Å². The van der Waals surface area contributed by atoms with Gasteiger partial charge >= 0.3 is 5.97 Å². The van der Waals surface area contributed by atoms with Gasteiger partial charge in [-0.05, 0) is 62.9 Å². The highest BCUT2D eigenvalue weighted by Crippen LogP contribution is 2.28. The molecule has 27 heavy (non-hydrogen) atoms. The maximum absolute atomic E-state index is 11.3. The molecule has 2 aromatic heterocycles. The van der Waals surface area contributed by atoms with E-state index in [0.717, 1.165) is 60.6 Å². The normalized spacial score (nSPS) is 18.1. The van der Waals surface area contributed by atoms with E-state index < -0.39 is 5.97 Å². The third-order valence-electron chi connectivity index (χ3n) is 5.36. The lowest BCUT2D eigenvalue weighted by Gasteiger charge is -2.32. The predicted molar refractivity (Wildman–Crippen MR) is 103 cm³/mol. The van der Waals surface area contributed by atoms with E-state index in [-0.39, 0.29) is 0 Å². The number of carboxylic acid groups (broad SMARTS) is 1. The Morgan fingerprint density at radius 3 is 2.96 bits per heavy atom. The summed E-state index contributed by atoms with van der Waals surface area (Å²) in [5.41, 5.74) is 5.64. The van der Waals surface area contributed by atoms with E-state index in [4.69, 9.17) is 0 Å². The third kappa shape index (κ3) is 3.57. The zero-order valence-corrected chi connectivity index (χ0v) is 15.7. The van der Waals surface area contributed by atoms with Crippen molar-refractivity contribution in [3.05, 3.63) is 64.6 Å². The Hall–Kier alpha value is -2.73. The molecule has 1 aliphatic heterocycles. The summed E-state index contributed by atoms with van der Waals surface area (Å²) in [5.74, 6) is -0.510. The van der Waals surface area contributed by atoms with Gasteiger partial charge in [-0.1, -0.05) is 12.1 Å². The van der Waals surface area contributed by atoms with Crippen LogP contribution in [0.4, 0.5) is 0 Å². The first-order chi connectivity index (χ1) is 13.0. The Labute approximate surface area is 158 Å². The summed E-state index contributed by atoms with van der Waals surface area (Å²) in [4.78, 5) is 18.4. The standard InChI is InChI=1S/C21H24N4O2/c1-14-9-15(2)25-20(23-14)19(11-22-25)13-24-8-4-7-18(12-24)16-5-3-6-17(10-16)21(26)27/h3,5-6,9-11,18H,4,7-8,12-13H2,1-2H3,(H,26,27)/t18-/m1/s1. The summed E-state index contributed by atoms with van der Waals surface area (Å²) in [5, 5.41) is 13.7. The fourth-order valence-corrected chi connectivity index (χ4v) is 4.07. The van der Waals surface area contributed by atoms with Crippen LogP contribution in [0.2, 0.25) is 0 Å². The second-order valence-electron chi connectivity index (χ2n) is 7.45. The van der Waals surface area contributed by atoms with Crippen molar-refractivity contribution in [2.24, 2.45) is 0 Å². The SMILES string of the molecule is Cc1cc(C)n2ncc(CN3CCC[C@@H](c4cccc(C(=O)O)c4)C3)c2n1. The van der Waals surface area contributed by atoms with Crippen LogP contribution in [-0.2, 0) is 6.54 Å². The van der Waals surface area contributed by atoms with Crippen molar-refractivity contribution < 1.29 is 9.90 Å². The smallest absolute Gasteiger partial charge is 0.335 e. The molecule has 1 saturated heterocycles. The Morgan fingerprint density at radius 2 is 2.15 bits per heavy atom. The number of likely N-dealkylation sites (tertiary alicyclic amines) is 1. The Kier molecular flexibility index (Phi) is 4.66. The molecular formula is C21H24N4O2. The van der Waals surface area contributed by atoms with Crippen molar-refractivity contribution in [2.45, 2.75) is 39.2 Å². The summed E-state index contributed by atoms with van der Waals surface area (Å²) in [7, 11) is 0. The highest BCUT2D eigenvalue weighted by atomic mass is 16.4. The number of carboxylic acids is 1. The quantitative estimate of drug-likeness (QED) is 0.768. The van der Waals surface area contributed by atoms with E-state index in [9.17, 15) is 9.90 Å². The molecule has 4 rings (SSSR count). The molecule has 0 radical (unpaired) electrons. The first-order valence-electron chi connectivity index (χ1n) is 9.38. The molecule has 0 bridgehead atoms. The summed E-state index contributed by atoms with van der Waals surface area (Å²) in [6.07, 6.45) is 4.11. The van der Waals surface area contributed by atoms with Crippen LogP contribution in [0.3, 0.4) is 0 Å². The first kappa shape index (κ1) is 17.7. The fourth-order valence-electron chi connectivity index (χ4n) is 4.07. The molecule has 1 fully saturated rings. The molecule has 0 saturated carbocycles. The van der Waals surface area contributed by atoms with Crippen molar-refractivity contribution in [3.8, 4) is 0 Å². The van der Waals surface area contributed by atoms with Gasteiger partial charge in [0.2, 0.25) is 0 Å². The minimum atomic E-state index is -0.868. The summed E-state index contributed by atoms with van der Waals surface area (Å²) in [6.45, 7) is 6.83. The second kappa shape index (κ2) is 7.12. The second-order valence-corrected chi connectivity index (χ2v) is 7.45. The van der Waals surface area contributed by atoms with Crippen LogP contribution in [-0.4, -0.2) is 43.7 Å². The minimum absolute atomic E-state index is 0.358. The number of benzene rings is 1. The monoisotopic (exact) mass is 364 g/mol. The zero-order valence-electron chi connectivity index (χ0n) is 15.7. The number of hydrogen-bond donors (Lipinski definition) is 1. The van der Waals surface area contributed by atoms with Gasteiger partial charge in [-0.15, -0.1) is 0 Å². The molecule has 1 N–H and O–H groups in total. The predicted octanol–water partition coefficient (Wildman–Crippen LogP) is 3.42. The number of aryl methyl sites for hydroxylation is 2. The molecule has 1 aliphatic rings. The van der Waals surface area contributed by atoms with Crippen molar-refractivity contribution in [1.29, 1.82) is 0 Å². The van der Waals surface area contributed by atoms with Gasteiger partial charge in [0, 0.05) is 30.0 Å². The Bertz CT molecular complexity index is 995. The molecule has 6 heteroatoms. The van der Waals surface area contributed by atoms with Gasteiger partial charge < -0.3 is 5.11 Å². The van der Waals surface area contributed by atoms with Crippen LogP contribution >= 0.6 is 0 Å². The average Bonchev–Trinajstić information content (AvgIpc) is 3.05. The molecule has 1 atom stereocenters. The molecular weight excluding hydrogens is 340 g/mol. The fraction of sp³-hybridized carbons (Fsp3) is 0.381. The van der Waals surface area contributed by atoms with Gasteiger partial charge in [-0.3, -0.25) is 4.90 Å². The van der Waals surface area contributed by atoms with Gasteiger partial charge in [0.05, 0.1) is 11.8 Å². The van der Waals surface area contributed by atoms with E-state index in [1.165, 1.54) is 0 Å². The van der Waals surface area contributed by atoms with Crippen molar-refractivity contribution in [3.63, 3.8) is 0 Å². The van der Waals surface area contributed by atoms with E-state index in [0.29, 0.717) is 11.5 Å². The van der Waals surface area contributed by atoms with Crippen molar-refractivity contribution >= 4 is 11.6 Å². The molecule has 0 unspecified atom stereocenters. The van der Waals surface area contributed by atoms with E-state index in [2.05, 4.69) is 15.0 Å². The number of piperidine rings is 1. The highest BCUT2D eigenvalue weighted by molar-refractivity contribution is 5.87. The third-order valence-corrected chi connectivity index (χ3v) is 5.36. The zero-order chi connectivity index (χ0) is 19.0. The van der Waals surface area contributed by atoms with Crippen LogP contribution in [0.5, 0.6) is 0 Å². The molecule has 6 nitrogen and oxygen atoms in total. The van der Waals surface area contributed by atoms with Crippen LogP contribution in [0.25, 0.3) is 5.65 Å². The summed E-state index contributed by atoms with van der Waals surface area (Å²) < 4.78 is 1.90. The maximum Gasteiger partial charge on any atom is 0.335 e. The van der Waals surface area contributed by atoms with Crippen LogP contribution in [0, 0.1) is 13.8 Å². The van der Waals surface area contributed by atoms with Crippen molar-refractivity contribution in [1.82, 2.24) is 19.5 Å². The molecule has 140 valence electrons. The number of carbonyl (C=O) groups is 1. The molecule has 0 amide bonds. The Morgan fingerprint density at radius 1 is 1.30 bits per heavy atom. The first-order valence-corrected chi connectivity index (χ1v) is 9.38. The number of nitrogens with zero attached hydrogens (tertiary/aromatic N) is 4. The summed E-state index contributed by atoms with van der Waals surface area (Å²) in [6, 6.07) is 9.40. The number of aromatic carboxylic acids is 1. The number of aromatic nitrogens is 3. The van der Waals surface area contributed by atoms with Crippen LogP contribution < -0.4 is 0 Å². The van der Waals surface area contributed by atoms with Crippen LogP contribution in [0.1, 0.15) is 51.6 Å². The lowest BCUT2D eigenvalue weighted by Crippen LogP contribution is -2.34. The Balaban J connectivity index is 1.54.